The zero-order valence-corrected chi connectivity index (χ0v) is 13.0. The lowest BCUT2D eigenvalue weighted by Crippen LogP contribution is -2.43. The van der Waals surface area contributed by atoms with Gasteiger partial charge in [-0.2, -0.15) is 0 Å². The molecule has 0 amide bonds. The molecule has 2 heteroatoms. The van der Waals surface area contributed by atoms with E-state index in [9.17, 15) is 0 Å². The van der Waals surface area contributed by atoms with Crippen molar-refractivity contribution in [2.75, 3.05) is 32.7 Å². The van der Waals surface area contributed by atoms with Crippen molar-refractivity contribution in [1.29, 1.82) is 0 Å². The molecule has 0 radical (unpaired) electrons. The van der Waals surface area contributed by atoms with E-state index in [2.05, 4.69) is 51.8 Å². The Labute approximate surface area is 109 Å². The average Bonchev–Trinajstić information content (AvgIpc) is 2.26. The van der Waals surface area contributed by atoms with Crippen molar-refractivity contribution in [3.63, 3.8) is 0 Å². The molecule has 0 spiro atoms. The van der Waals surface area contributed by atoms with Crippen LogP contribution in [0.3, 0.4) is 0 Å². The van der Waals surface area contributed by atoms with E-state index in [1.165, 1.54) is 32.5 Å². The Hall–Kier alpha value is -0.0800. The van der Waals surface area contributed by atoms with E-state index in [1.54, 1.807) is 0 Å². The summed E-state index contributed by atoms with van der Waals surface area (Å²) in [6.45, 7) is 19.6. The molecule has 0 aliphatic carbocycles. The van der Waals surface area contributed by atoms with E-state index in [-0.39, 0.29) is 0 Å². The Morgan fingerprint density at radius 2 is 1.71 bits per heavy atom. The van der Waals surface area contributed by atoms with Crippen molar-refractivity contribution >= 4 is 0 Å². The molecule has 104 valence electrons. The first-order valence-electron chi connectivity index (χ1n) is 7.40. The smallest absolute Gasteiger partial charge is 0.00472 e. The molecule has 0 saturated carbocycles. The minimum atomic E-state index is 0.426. The van der Waals surface area contributed by atoms with Crippen molar-refractivity contribution in [2.45, 2.75) is 54.4 Å². The lowest BCUT2D eigenvalue weighted by Gasteiger charge is -2.35. The van der Waals surface area contributed by atoms with Gasteiger partial charge in [0.2, 0.25) is 0 Å². The first kappa shape index (κ1) is 16.9. The predicted molar refractivity (Wildman–Crippen MR) is 78.5 cm³/mol. The first-order chi connectivity index (χ1) is 7.97. The Bertz CT molecular complexity index is 176. The van der Waals surface area contributed by atoms with E-state index in [1.807, 2.05) is 0 Å². The molecule has 0 rings (SSSR count). The van der Waals surface area contributed by atoms with Gasteiger partial charge in [0.15, 0.2) is 0 Å². The highest BCUT2D eigenvalue weighted by atomic mass is 15.1. The monoisotopic (exact) mass is 242 g/mol. The zero-order valence-electron chi connectivity index (χ0n) is 13.0. The normalized spacial score (nSPS) is 15.5. The van der Waals surface area contributed by atoms with Crippen molar-refractivity contribution in [1.82, 2.24) is 10.2 Å². The van der Waals surface area contributed by atoms with E-state index < -0.39 is 0 Å². The maximum absolute atomic E-state index is 3.64. The molecule has 0 saturated heterocycles. The molecule has 0 aliphatic rings. The summed E-state index contributed by atoms with van der Waals surface area (Å²) in [6, 6.07) is 0. The molecule has 0 aliphatic heterocycles. The number of nitrogens with zero attached hydrogens (tertiary/aromatic N) is 1. The van der Waals surface area contributed by atoms with Crippen LogP contribution in [-0.2, 0) is 0 Å². The molecular weight excluding hydrogens is 208 g/mol. The molecule has 2 nitrogen and oxygen atoms in total. The second-order valence-electron chi connectivity index (χ2n) is 6.05. The van der Waals surface area contributed by atoms with Gasteiger partial charge in [-0.3, -0.25) is 0 Å². The highest BCUT2D eigenvalue weighted by Crippen LogP contribution is 2.23. The molecule has 0 heterocycles. The minimum absolute atomic E-state index is 0.426. The number of hydrogen-bond acceptors (Lipinski definition) is 2. The summed E-state index contributed by atoms with van der Waals surface area (Å²) >= 11 is 0. The fourth-order valence-electron chi connectivity index (χ4n) is 2.48. The third-order valence-electron chi connectivity index (χ3n) is 3.46. The Balaban J connectivity index is 4.23. The number of hydrogen-bond donors (Lipinski definition) is 1. The van der Waals surface area contributed by atoms with Gasteiger partial charge in [0.05, 0.1) is 0 Å². The van der Waals surface area contributed by atoms with Crippen LogP contribution in [0.2, 0.25) is 0 Å². The summed E-state index contributed by atoms with van der Waals surface area (Å²) in [5, 5.41) is 3.64. The van der Waals surface area contributed by atoms with E-state index >= 15 is 0 Å². The van der Waals surface area contributed by atoms with Crippen LogP contribution >= 0.6 is 0 Å². The third kappa shape index (κ3) is 7.77. The van der Waals surface area contributed by atoms with Gasteiger partial charge in [0.25, 0.3) is 0 Å². The first-order valence-corrected chi connectivity index (χ1v) is 7.40. The van der Waals surface area contributed by atoms with Gasteiger partial charge in [0.1, 0.15) is 0 Å². The van der Waals surface area contributed by atoms with Gasteiger partial charge in [0, 0.05) is 13.1 Å². The Morgan fingerprint density at radius 1 is 1.12 bits per heavy atom. The predicted octanol–water partition coefficient (Wildman–Crippen LogP) is 3.38. The standard InChI is InChI=1S/C15H34N2/c1-7-10-15(6,12-16-11-14(4)5)13-17(8-2)9-3/h14,16H,7-13H2,1-6H3. The van der Waals surface area contributed by atoms with Crippen LogP contribution in [0, 0.1) is 11.3 Å². The molecule has 0 aromatic heterocycles. The second kappa shape index (κ2) is 8.93. The fourth-order valence-corrected chi connectivity index (χ4v) is 2.48. The molecule has 1 atom stereocenters. The SMILES string of the molecule is CCCC(C)(CNCC(C)C)CN(CC)CC. The summed E-state index contributed by atoms with van der Waals surface area (Å²) < 4.78 is 0. The summed E-state index contributed by atoms with van der Waals surface area (Å²) in [4.78, 5) is 2.55. The van der Waals surface area contributed by atoms with Gasteiger partial charge >= 0.3 is 0 Å². The van der Waals surface area contributed by atoms with Gasteiger partial charge in [-0.25, -0.2) is 0 Å². The van der Waals surface area contributed by atoms with Gasteiger partial charge in [-0.1, -0.05) is 48.0 Å². The van der Waals surface area contributed by atoms with Gasteiger partial charge in [-0.05, 0) is 37.4 Å². The van der Waals surface area contributed by atoms with Crippen molar-refractivity contribution < 1.29 is 0 Å². The summed E-state index contributed by atoms with van der Waals surface area (Å²) in [5.41, 5.74) is 0.426. The largest absolute Gasteiger partial charge is 0.316 e. The molecule has 0 fully saturated rings. The molecule has 0 bridgehead atoms. The second-order valence-corrected chi connectivity index (χ2v) is 6.05. The van der Waals surface area contributed by atoms with Crippen LogP contribution < -0.4 is 5.32 Å². The number of rotatable bonds is 10. The summed E-state index contributed by atoms with van der Waals surface area (Å²) in [7, 11) is 0. The van der Waals surface area contributed by atoms with Crippen LogP contribution in [0.1, 0.15) is 54.4 Å². The van der Waals surface area contributed by atoms with Crippen molar-refractivity contribution in [3.05, 3.63) is 0 Å². The average molecular weight is 242 g/mol. The zero-order chi connectivity index (χ0) is 13.3. The van der Waals surface area contributed by atoms with E-state index in [4.69, 9.17) is 0 Å². The highest BCUT2D eigenvalue weighted by Gasteiger charge is 2.25. The van der Waals surface area contributed by atoms with Crippen LogP contribution in [0.4, 0.5) is 0 Å². The minimum Gasteiger partial charge on any atom is -0.316 e. The molecule has 0 aromatic rings. The Morgan fingerprint density at radius 3 is 2.12 bits per heavy atom. The summed E-state index contributed by atoms with van der Waals surface area (Å²) in [5.74, 6) is 0.745. The molecule has 1 N–H and O–H groups in total. The van der Waals surface area contributed by atoms with Crippen molar-refractivity contribution in [3.8, 4) is 0 Å². The van der Waals surface area contributed by atoms with Crippen LogP contribution in [0.5, 0.6) is 0 Å². The van der Waals surface area contributed by atoms with Crippen molar-refractivity contribution in [2.24, 2.45) is 11.3 Å². The van der Waals surface area contributed by atoms with Crippen LogP contribution in [0.25, 0.3) is 0 Å². The molecular formula is C15H34N2. The van der Waals surface area contributed by atoms with Crippen LogP contribution in [0.15, 0.2) is 0 Å². The third-order valence-corrected chi connectivity index (χ3v) is 3.46. The number of nitrogens with one attached hydrogen (secondary N) is 1. The van der Waals surface area contributed by atoms with E-state index in [0.717, 1.165) is 19.0 Å². The quantitative estimate of drug-likeness (QED) is 0.632. The molecule has 1 unspecified atom stereocenters. The Kier molecular flexibility index (Phi) is 8.89. The van der Waals surface area contributed by atoms with Gasteiger partial charge < -0.3 is 10.2 Å². The van der Waals surface area contributed by atoms with Gasteiger partial charge in [-0.15, -0.1) is 0 Å². The lowest BCUT2D eigenvalue weighted by atomic mass is 9.84. The molecule has 0 aromatic carbocycles. The fraction of sp³-hybridized carbons (Fsp3) is 1.00. The topological polar surface area (TPSA) is 15.3 Å². The highest BCUT2D eigenvalue weighted by molar-refractivity contribution is 4.80. The van der Waals surface area contributed by atoms with Crippen LogP contribution in [-0.4, -0.2) is 37.6 Å². The maximum Gasteiger partial charge on any atom is 0.00472 e. The lowest BCUT2D eigenvalue weighted by molar-refractivity contribution is 0.159. The molecule has 17 heavy (non-hydrogen) atoms. The van der Waals surface area contributed by atoms with E-state index in [0.29, 0.717) is 5.41 Å². The summed E-state index contributed by atoms with van der Waals surface area (Å²) in [6.07, 6.45) is 2.59. The maximum atomic E-state index is 3.64.